The molecule has 2 aromatic carbocycles. The van der Waals surface area contributed by atoms with Crippen LogP contribution in [0, 0.1) is 6.92 Å². The number of rotatable bonds is 2. The van der Waals surface area contributed by atoms with E-state index in [9.17, 15) is 5.11 Å². The highest BCUT2D eigenvalue weighted by atomic mass is 16.5. The number of phenols is 1. The first-order valence-corrected chi connectivity index (χ1v) is 6.16. The molecule has 1 aliphatic heterocycles. The van der Waals surface area contributed by atoms with Crippen LogP contribution in [0.3, 0.4) is 0 Å². The van der Waals surface area contributed by atoms with Crippen LogP contribution in [0.2, 0.25) is 0 Å². The van der Waals surface area contributed by atoms with Gasteiger partial charge in [-0.05, 0) is 29.7 Å². The molecule has 0 bridgehead atoms. The maximum atomic E-state index is 9.64. The van der Waals surface area contributed by atoms with Gasteiger partial charge in [-0.25, -0.2) is 0 Å². The van der Waals surface area contributed by atoms with Crippen molar-refractivity contribution in [1.82, 2.24) is 0 Å². The van der Waals surface area contributed by atoms with Gasteiger partial charge in [0.15, 0.2) is 0 Å². The lowest BCUT2D eigenvalue weighted by molar-refractivity contribution is -0.0380. The van der Waals surface area contributed by atoms with Gasteiger partial charge in [0.05, 0.1) is 18.6 Å². The minimum atomic E-state index is -0.0419. The van der Waals surface area contributed by atoms with Crippen molar-refractivity contribution in [3.05, 3.63) is 65.2 Å². The number of hydrogen-bond acceptors (Lipinski definition) is 2. The van der Waals surface area contributed by atoms with Crippen molar-refractivity contribution in [3.8, 4) is 5.75 Å². The van der Waals surface area contributed by atoms with Crippen LogP contribution in [-0.4, -0.2) is 18.3 Å². The van der Waals surface area contributed by atoms with E-state index in [0.717, 1.165) is 5.56 Å². The first-order chi connectivity index (χ1) is 8.72. The van der Waals surface area contributed by atoms with E-state index in [2.05, 4.69) is 30.3 Å². The smallest absolute Gasteiger partial charge is 0.118 e. The van der Waals surface area contributed by atoms with Crippen LogP contribution in [0.25, 0.3) is 0 Å². The fourth-order valence-corrected chi connectivity index (χ4v) is 2.52. The quantitative estimate of drug-likeness (QED) is 0.874. The number of phenolic OH excluding ortho intramolecular Hbond substituents is 1. The molecule has 1 heterocycles. The van der Waals surface area contributed by atoms with E-state index in [1.165, 1.54) is 11.1 Å². The monoisotopic (exact) mass is 240 g/mol. The SMILES string of the molecule is Cc1cc(C2(c3ccccc3)COC2)ccc1O. The van der Waals surface area contributed by atoms with Gasteiger partial charge in [0.25, 0.3) is 0 Å². The van der Waals surface area contributed by atoms with E-state index in [0.29, 0.717) is 19.0 Å². The molecule has 92 valence electrons. The third kappa shape index (κ3) is 1.61. The van der Waals surface area contributed by atoms with Crippen LogP contribution >= 0.6 is 0 Å². The number of aromatic hydroxyl groups is 1. The maximum absolute atomic E-state index is 9.64. The average molecular weight is 240 g/mol. The number of hydrogen-bond donors (Lipinski definition) is 1. The molecule has 0 radical (unpaired) electrons. The number of ether oxygens (including phenoxy) is 1. The highest BCUT2D eigenvalue weighted by molar-refractivity contribution is 5.46. The van der Waals surface area contributed by atoms with Crippen LogP contribution in [0.15, 0.2) is 48.5 Å². The summed E-state index contributed by atoms with van der Waals surface area (Å²) < 4.78 is 5.45. The van der Waals surface area contributed by atoms with Gasteiger partial charge in [0, 0.05) is 0 Å². The Morgan fingerprint density at radius 3 is 2.28 bits per heavy atom. The molecular formula is C16H16O2. The lowest BCUT2D eigenvalue weighted by atomic mass is 9.72. The van der Waals surface area contributed by atoms with E-state index < -0.39 is 0 Å². The molecule has 0 atom stereocenters. The Balaban J connectivity index is 2.09. The lowest BCUT2D eigenvalue weighted by Gasteiger charge is -2.42. The Labute approximate surface area is 107 Å². The molecule has 0 aromatic heterocycles. The molecule has 2 heteroatoms. The summed E-state index contributed by atoms with van der Waals surface area (Å²) in [5.74, 6) is 0.349. The molecule has 3 rings (SSSR count). The highest BCUT2D eigenvalue weighted by Crippen LogP contribution is 2.40. The largest absolute Gasteiger partial charge is 0.508 e. The van der Waals surface area contributed by atoms with Gasteiger partial charge >= 0.3 is 0 Å². The second-order valence-electron chi connectivity index (χ2n) is 4.94. The van der Waals surface area contributed by atoms with Crippen molar-refractivity contribution < 1.29 is 9.84 Å². The summed E-state index contributed by atoms with van der Waals surface area (Å²) in [4.78, 5) is 0. The standard InChI is InChI=1S/C16H16O2/c1-12-9-14(7-8-15(12)17)16(10-18-11-16)13-5-3-2-4-6-13/h2-9,17H,10-11H2,1H3. The van der Waals surface area contributed by atoms with E-state index in [4.69, 9.17) is 4.74 Å². The highest BCUT2D eigenvalue weighted by Gasteiger charge is 2.42. The van der Waals surface area contributed by atoms with Crippen molar-refractivity contribution >= 4 is 0 Å². The molecule has 1 saturated heterocycles. The second kappa shape index (κ2) is 4.14. The first kappa shape index (κ1) is 11.3. The fraction of sp³-hybridized carbons (Fsp3) is 0.250. The Bertz CT molecular complexity index is 557. The van der Waals surface area contributed by atoms with Gasteiger partial charge in [-0.1, -0.05) is 42.5 Å². The van der Waals surface area contributed by atoms with Crippen molar-refractivity contribution in [2.75, 3.05) is 13.2 Å². The molecule has 2 aromatic rings. The Morgan fingerprint density at radius 1 is 1.00 bits per heavy atom. The summed E-state index contributed by atoms with van der Waals surface area (Å²) >= 11 is 0. The molecule has 1 fully saturated rings. The third-order valence-corrected chi connectivity index (χ3v) is 3.77. The van der Waals surface area contributed by atoms with Crippen molar-refractivity contribution in [3.63, 3.8) is 0 Å². The summed E-state index contributed by atoms with van der Waals surface area (Å²) in [6, 6.07) is 16.3. The van der Waals surface area contributed by atoms with Gasteiger partial charge < -0.3 is 9.84 Å². The van der Waals surface area contributed by atoms with Crippen molar-refractivity contribution in [2.24, 2.45) is 0 Å². The lowest BCUT2D eigenvalue weighted by Crippen LogP contribution is -2.47. The topological polar surface area (TPSA) is 29.5 Å². The van der Waals surface area contributed by atoms with Crippen LogP contribution in [0.4, 0.5) is 0 Å². The summed E-state index contributed by atoms with van der Waals surface area (Å²) in [5.41, 5.74) is 3.37. The van der Waals surface area contributed by atoms with Crippen LogP contribution < -0.4 is 0 Å². The fourth-order valence-electron chi connectivity index (χ4n) is 2.52. The van der Waals surface area contributed by atoms with Crippen LogP contribution in [-0.2, 0) is 10.2 Å². The molecule has 2 nitrogen and oxygen atoms in total. The molecule has 0 amide bonds. The van der Waals surface area contributed by atoms with Gasteiger partial charge in [-0.3, -0.25) is 0 Å². The van der Waals surface area contributed by atoms with E-state index in [-0.39, 0.29) is 5.41 Å². The molecule has 1 aliphatic rings. The van der Waals surface area contributed by atoms with Gasteiger partial charge in [0.1, 0.15) is 5.75 Å². The summed E-state index contributed by atoms with van der Waals surface area (Å²) in [6.45, 7) is 3.35. The number of aryl methyl sites for hydroxylation is 1. The third-order valence-electron chi connectivity index (χ3n) is 3.77. The Hall–Kier alpha value is -1.80. The van der Waals surface area contributed by atoms with E-state index >= 15 is 0 Å². The minimum absolute atomic E-state index is 0.0419. The minimum Gasteiger partial charge on any atom is -0.508 e. The zero-order valence-electron chi connectivity index (χ0n) is 10.4. The van der Waals surface area contributed by atoms with Crippen molar-refractivity contribution in [2.45, 2.75) is 12.3 Å². The molecule has 0 unspecified atom stereocenters. The normalized spacial score (nSPS) is 17.2. The van der Waals surface area contributed by atoms with Crippen molar-refractivity contribution in [1.29, 1.82) is 0 Å². The van der Waals surface area contributed by atoms with Gasteiger partial charge in [0.2, 0.25) is 0 Å². The Morgan fingerprint density at radius 2 is 1.72 bits per heavy atom. The van der Waals surface area contributed by atoms with Gasteiger partial charge in [-0.2, -0.15) is 0 Å². The average Bonchev–Trinajstić information content (AvgIpc) is 2.34. The van der Waals surface area contributed by atoms with Gasteiger partial charge in [-0.15, -0.1) is 0 Å². The predicted molar refractivity (Wildman–Crippen MR) is 70.9 cm³/mol. The number of benzene rings is 2. The maximum Gasteiger partial charge on any atom is 0.118 e. The molecule has 0 saturated carbocycles. The summed E-state index contributed by atoms with van der Waals surface area (Å²) in [5, 5.41) is 9.64. The zero-order valence-corrected chi connectivity index (χ0v) is 10.4. The first-order valence-electron chi connectivity index (χ1n) is 6.16. The van der Waals surface area contributed by atoms with E-state index in [1.54, 1.807) is 6.07 Å². The predicted octanol–water partition coefficient (Wildman–Crippen LogP) is 3.02. The van der Waals surface area contributed by atoms with E-state index in [1.807, 2.05) is 19.1 Å². The summed E-state index contributed by atoms with van der Waals surface area (Å²) in [6.07, 6.45) is 0. The molecule has 1 N–H and O–H groups in total. The second-order valence-corrected chi connectivity index (χ2v) is 4.94. The zero-order chi connectivity index (χ0) is 12.6. The summed E-state index contributed by atoms with van der Waals surface area (Å²) in [7, 11) is 0. The molecule has 0 aliphatic carbocycles. The molecule has 18 heavy (non-hydrogen) atoms. The molecule has 0 spiro atoms. The Kier molecular flexibility index (Phi) is 2.60. The molecular weight excluding hydrogens is 224 g/mol. The van der Waals surface area contributed by atoms with Crippen LogP contribution in [0.5, 0.6) is 5.75 Å². The van der Waals surface area contributed by atoms with Crippen LogP contribution in [0.1, 0.15) is 16.7 Å².